The lowest BCUT2D eigenvalue weighted by Gasteiger charge is -1.97. The van der Waals surface area contributed by atoms with Crippen LogP contribution in [0.15, 0.2) is 26.5 Å². The van der Waals surface area contributed by atoms with Crippen LogP contribution in [-0.2, 0) is 6.18 Å². The van der Waals surface area contributed by atoms with Gasteiger partial charge in [-0.15, -0.1) is 11.3 Å². The summed E-state index contributed by atoms with van der Waals surface area (Å²) in [6.07, 6.45) is -4.46. The molecule has 2 heterocycles. The Hall–Kier alpha value is -0.820. The van der Waals surface area contributed by atoms with E-state index >= 15 is 0 Å². The number of hydrogen-bond acceptors (Lipinski definition) is 3. The Kier molecular flexibility index (Phi) is 2.59. The second kappa shape index (κ2) is 3.64. The second-order valence-electron chi connectivity index (χ2n) is 2.70. The molecule has 0 aliphatic carbocycles. The first-order chi connectivity index (χ1) is 6.97. The Balaban J connectivity index is 2.36. The fraction of sp³-hybridized carbons (Fsp3) is 0.125. The Morgan fingerprint density at radius 2 is 2.07 bits per heavy atom. The maximum atomic E-state index is 12.2. The van der Waals surface area contributed by atoms with Gasteiger partial charge in [-0.05, 0) is 22.0 Å². The molecule has 0 aliphatic rings. The maximum absolute atomic E-state index is 12.2. The minimum Gasteiger partial charge on any atom is -0.355 e. The van der Waals surface area contributed by atoms with Crippen LogP contribution in [0, 0.1) is 0 Å². The van der Waals surface area contributed by atoms with Gasteiger partial charge in [-0.25, -0.2) is 0 Å². The first kappa shape index (κ1) is 10.7. The first-order valence-electron chi connectivity index (χ1n) is 3.75. The summed E-state index contributed by atoms with van der Waals surface area (Å²) in [5, 5.41) is 4.72. The van der Waals surface area contributed by atoms with Gasteiger partial charge in [0.05, 0.1) is 4.88 Å². The van der Waals surface area contributed by atoms with Crippen LogP contribution < -0.4 is 0 Å². The van der Waals surface area contributed by atoms with Gasteiger partial charge >= 0.3 is 6.18 Å². The lowest BCUT2D eigenvalue weighted by Crippen LogP contribution is -2.04. The molecule has 0 fully saturated rings. The number of aromatic nitrogens is 1. The van der Waals surface area contributed by atoms with Gasteiger partial charge in [0.25, 0.3) is 0 Å². The van der Waals surface area contributed by atoms with Gasteiger partial charge in [0.15, 0.2) is 11.5 Å². The number of hydrogen-bond donors (Lipinski definition) is 0. The largest absolute Gasteiger partial charge is 0.436 e. The third kappa shape index (κ3) is 2.23. The first-order valence-corrected chi connectivity index (χ1v) is 5.42. The van der Waals surface area contributed by atoms with E-state index in [9.17, 15) is 13.2 Å². The van der Waals surface area contributed by atoms with Crippen LogP contribution in [0.4, 0.5) is 13.2 Å². The molecule has 0 amide bonds. The highest BCUT2D eigenvalue weighted by atomic mass is 79.9. The van der Waals surface area contributed by atoms with Crippen molar-refractivity contribution in [3.05, 3.63) is 27.7 Å². The van der Waals surface area contributed by atoms with Gasteiger partial charge in [-0.3, -0.25) is 0 Å². The van der Waals surface area contributed by atoms with Crippen LogP contribution in [0.2, 0.25) is 0 Å². The van der Waals surface area contributed by atoms with Crippen molar-refractivity contribution in [2.75, 3.05) is 0 Å². The summed E-state index contributed by atoms with van der Waals surface area (Å²) >= 11 is 4.48. The molecule has 0 aromatic carbocycles. The van der Waals surface area contributed by atoms with Crippen molar-refractivity contribution in [2.45, 2.75) is 6.18 Å². The third-order valence-corrected chi connectivity index (χ3v) is 3.32. The van der Waals surface area contributed by atoms with Gasteiger partial charge in [0, 0.05) is 15.9 Å². The van der Waals surface area contributed by atoms with Crippen molar-refractivity contribution >= 4 is 27.3 Å². The summed E-state index contributed by atoms with van der Waals surface area (Å²) in [4.78, 5) is 0.602. The molecular formula is C8H3BrF3NOS. The fourth-order valence-corrected chi connectivity index (χ4v) is 2.34. The second-order valence-corrected chi connectivity index (χ2v) is 4.53. The molecule has 15 heavy (non-hydrogen) atoms. The molecule has 0 unspecified atom stereocenters. The highest BCUT2D eigenvalue weighted by Crippen LogP contribution is 2.34. The quantitative estimate of drug-likeness (QED) is 0.789. The molecule has 0 bridgehead atoms. The van der Waals surface area contributed by atoms with Crippen molar-refractivity contribution < 1.29 is 17.7 Å². The molecule has 2 aromatic rings. The predicted molar refractivity (Wildman–Crippen MR) is 52.5 cm³/mol. The summed E-state index contributed by atoms with van der Waals surface area (Å²) in [7, 11) is 0. The Bertz CT molecular complexity index is 476. The van der Waals surface area contributed by atoms with E-state index in [2.05, 4.69) is 25.6 Å². The maximum Gasteiger partial charge on any atom is 0.436 e. The molecule has 0 saturated carbocycles. The summed E-state index contributed by atoms with van der Waals surface area (Å²) < 4.78 is 42.0. The molecule has 2 nitrogen and oxygen atoms in total. The molecule has 80 valence electrons. The average Bonchev–Trinajstić information content (AvgIpc) is 2.69. The number of halogens is 4. The molecule has 7 heteroatoms. The number of alkyl halides is 3. The topological polar surface area (TPSA) is 26.0 Å². The molecule has 0 spiro atoms. The summed E-state index contributed by atoms with van der Waals surface area (Å²) in [5.41, 5.74) is -1.01. The van der Waals surface area contributed by atoms with E-state index in [1.165, 1.54) is 11.3 Å². The zero-order valence-electron chi connectivity index (χ0n) is 7.01. The van der Waals surface area contributed by atoms with Crippen molar-refractivity contribution in [2.24, 2.45) is 0 Å². The van der Waals surface area contributed by atoms with E-state index < -0.39 is 11.9 Å². The standard InChI is InChI=1S/C8H3BrF3NOS/c9-4-1-6(15-3-4)5-2-7(13-14-5)8(10,11)12/h1-3H. The number of nitrogens with zero attached hydrogens (tertiary/aromatic N) is 1. The summed E-state index contributed by atoms with van der Waals surface area (Å²) in [6, 6.07) is 2.56. The van der Waals surface area contributed by atoms with E-state index in [4.69, 9.17) is 0 Å². The summed E-state index contributed by atoms with van der Waals surface area (Å²) in [5.74, 6) is 0.123. The fourth-order valence-electron chi connectivity index (χ4n) is 0.967. The van der Waals surface area contributed by atoms with E-state index in [1.54, 1.807) is 11.4 Å². The van der Waals surface area contributed by atoms with Gasteiger partial charge in [-0.1, -0.05) is 5.16 Å². The monoisotopic (exact) mass is 297 g/mol. The minimum atomic E-state index is -4.46. The Morgan fingerprint density at radius 3 is 2.53 bits per heavy atom. The van der Waals surface area contributed by atoms with Crippen molar-refractivity contribution in [1.82, 2.24) is 5.16 Å². The molecule has 0 saturated heterocycles. The van der Waals surface area contributed by atoms with Crippen LogP contribution in [0.5, 0.6) is 0 Å². The van der Waals surface area contributed by atoms with E-state index in [1.807, 2.05) is 0 Å². The average molecular weight is 298 g/mol. The highest BCUT2D eigenvalue weighted by Gasteiger charge is 2.35. The van der Waals surface area contributed by atoms with Gasteiger partial charge in [0.1, 0.15) is 0 Å². The van der Waals surface area contributed by atoms with Crippen LogP contribution >= 0.6 is 27.3 Å². The number of rotatable bonds is 1. The van der Waals surface area contributed by atoms with Gasteiger partial charge in [-0.2, -0.15) is 13.2 Å². The lowest BCUT2D eigenvalue weighted by atomic mass is 10.3. The van der Waals surface area contributed by atoms with Crippen molar-refractivity contribution in [1.29, 1.82) is 0 Å². The van der Waals surface area contributed by atoms with Gasteiger partial charge in [0.2, 0.25) is 0 Å². The lowest BCUT2D eigenvalue weighted by molar-refractivity contribution is -0.142. The van der Waals surface area contributed by atoms with E-state index in [0.717, 1.165) is 10.5 Å². The van der Waals surface area contributed by atoms with Crippen molar-refractivity contribution in [3.8, 4) is 10.6 Å². The van der Waals surface area contributed by atoms with E-state index in [0.29, 0.717) is 4.88 Å². The summed E-state index contributed by atoms with van der Waals surface area (Å²) in [6.45, 7) is 0. The SMILES string of the molecule is FC(F)(F)c1cc(-c2cc(Br)cs2)on1. The predicted octanol–water partition coefficient (Wildman–Crippen LogP) is 4.18. The molecule has 0 aliphatic heterocycles. The molecular weight excluding hydrogens is 295 g/mol. The molecule has 2 rings (SSSR count). The highest BCUT2D eigenvalue weighted by molar-refractivity contribution is 9.10. The van der Waals surface area contributed by atoms with Crippen LogP contribution in [0.25, 0.3) is 10.6 Å². The van der Waals surface area contributed by atoms with Gasteiger partial charge < -0.3 is 4.52 Å². The zero-order valence-corrected chi connectivity index (χ0v) is 9.41. The smallest absolute Gasteiger partial charge is 0.355 e. The molecule has 0 radical (unpaired) electrons. The zero-order chi connectivity index (χ0) is 11.1. The third-order valence-electron chi connectivity index (χ3n) is 1.61. The Morgan fingerprint density at radius 1 is 1.33 bits per heavy atom. The normalized spacial score (nSPS) is 12.0. The van der Waals surface area contributed by atoms with E-state index in [-0.39, 0.29) is 5.76 Å². The number of thiophene rings is 1. The minimum absolute atomic E-state index is 0.123. The van der Waals surface area contributed by atoms with Crippen molar-refractivity contribution in [3.63, 3.8) is 0 Å². The van der Waals surface area contributed by atoms with Crippen LogP contribution in [-0.4, -0.2) is 5.16 Å². The van der Waals surface area contributed by atoms with Crippen LogP contribution in [0.1, 0.15) is 5.69 Å². The Labute approximate surface area is 94.8 Å². The molecule has 2 aromatic heterocycles. The molecule has 0 atom stereocenters. The molecule has 0 N–H and O–H groups in total. The van der Waals surface area contributed by atoms with Crippen LogP contribution in [0.3, 0.4) is 0 Å².